The summed E-state index contributed by atoms with van der Waals surface area (Å²) >= 11 is 0. The lowest BCUT2D eigenvalue weighted by Crippen LogP contribution is -2.49. The summed E-state index contributed by atoms with van der Waals surface area (Å²) in [4.78, 5) is 7.36. The van der Waals surface area contributed by atoms with E-state index in [9.17, 15) is 0 Å². The molecule has 0 bridgehead atoms. The highest BCUT2D eigenvalue weighted by atomic mass is 15.3. The van der Waals surface area contributed by atoms with Gasteiger partial charge in [0.05, 0.1) is 0 Å². The number of nitrogens with zero attached hydrogens (tertiary/aromatic N) is 3. The Morgan fingerprint density at radius 1 is 1.12 bits per heavy atom. The van der Waals surface area contributed by atoms with Crippen LogP contribution >= 0.6 is 0 Å². The largest absolute Gasteiger partial charge is 0.312 e. The van der Waals surface area contributed by atoms with Crippen molar-refractivity contribution >= 4 is 0 Å². The van der Waals surface area contributed by atoms with Crippen LogP contribution in [0.2, 0.25) is 0 Å². The van der Waals surface area contributed by atoms with Gasteiger partial charge in [-0.25, -0.2) is 0 Å². The van der Waals surface area contributed by atoms with Crippen LogP contribution in [0.25, 0.3) is 0 Å². The minimum atomic E-state index is 0.919. The second-order valence-electron chi connectivity index (χ2n) is 4.98. The molecule has 1 N–H and O–H groups in total. The van der Waals surface area contributed by atoms with Crippen molar-refractivity contribution in [2.45, 2.75) is 0 Å². The van der Waals surface area contributed by atoms with Gasteiger partial charge >= 0.3 is 0 Å². The highest BCUT2D eigenvalue weighted by Crippen LogP contribution is 2.00. The van der Waals surface area contributed by atoms with Gasteiger partial charge in [-0.1, -0.05) is 6.08 Å². The van der Waals surface area contributed by atoms with Crippen LogP contribution in [0, 0.1) is 0 Å². The maximum atomic E-state index is 3.70. The van der Waals surface area contributed by atoms with Crippen LogP contribution in [0.4, 0.5) is 0 Å². The van der Waals surface area contributed by atoms with Crippen molar-refractivity contribution in [3.05, 3.63) is 12.7 Å². The molecule has 0 aromatic rings. The third-order valence-electron chi connectivity index (χ3n) is 3.22. The number of rotatable bonds is 8. The lowest BCUT2D eigenvalue weighted by atomic mass is 10.3. The molecule has 17 heavy (non-hydrogen) atoms. The zero-order valence-electron chi connectivity index (χ0n) is 11.5. The van der Waals surface area contributed by atoms with Gasteiger partial charge in [-0.3, -0.25) is 9.80 Å². The van der Waals surface area contributed by atoms with Crippen LogP contribution in [0.3, 0.4) is 0 Å². The molecule has 0 aromatic heterocycles. The van der Waals surface area contributed by atoms with Gasteiger partial charge in [0.2, 0.25) is 0 Å². The first-order valence-electron chi connectivity index (χ1n) is 6.63. The molecule has 1 aliphatic rings. The molecule has 0 radical (unpaired) electrons. The van der Waals surface area contributed by atoms with Gasteiger partial charge in [-0.15, -0.1) is 6.58 Å². The quantitative estimate of drug-likeness (QED) is 0.474. The second kappa shape index (κ2) is 8.64. The highest BCUT2D eigenvalue weighted by molar-refractivity contribution is 4.74. The van der Waals surface area contributed by atoms with Gasteiger partial charge in [0, 0.05) is 58.9 Å². The first-order valence-corrected chi connectivity index (χ1v) is 6.63. The third-order valence-corrected chi connectivity index (χ3v) is 3.22. The van der Waals surface area contributed by atoms with Crippen molar-refractivity contribution in [1.29, 1.82) is 0 Å². The Hall–Kier alpha value is -0.420. The molecule has 0 amide bonds. The molecule has 0 spiro atoms. The highest BCUT2D eigenvalue weighted by Gasteiger charge is 2.15. The Labute approximate surface area is 106 Å². The van der Waals surface area contributed by atoms with Crippen molar-refractivity contribution in [2.75, 3.05) is 73.0 Å². The Morgan fingerprint density at radius 2 is 1.71 bits per heavy atom. The van der Waals surface area contributed by atoms with Gasteiger partial charge in [0.15, 0.2) is 0 Å². The average Bonchev–Trinajstić information content (AvgIpc) is 2.33. The van der Waals surface area contributed by atoms with Gasteiger partial charge in [0.1, 0.15) is 0 Å². The van der Waals surface area contributed by atoms with E-state index in [1.807, 2.05) is 6.08 Å². The molecule has 0 aliphatic carbocycles. The third kappa shape index (κ3) is 6.78. The van der Waals surface area contributed by atoms with Gasteiger partial charge in [-0.05, 0) is 14.1 Å². The Kier molecular flexibility index (Phi) is 7.44. The van der Waals surface area contributed by atoms with E-state index >= 15 is 0 Å². The molecule has 0 aromatic carbocycles. The molecule has 0 atom stereocenters. The molecule has 4 nitrogen and oxygen atoms in total. The first kappa shape index (κ1) is 14.6. The van der Waals surface area contributed by atoms with Crippen LogP contribution in [0.5, 0.6) is 0 Å². The van der Waals surface area contributed by atoms with Crippen LogP contribution in [0.15, 0.2) is 12.7 Å². The fourth-order valence-electron chi connectivity index (χ4n) is 2.02. The van der Waals surface area contributed by atoms with E-state index in [1.54, 1.807) is 0 Å². The zero-order chi connectivity index (χ0) is 12.5. The molecule has 1 fully saturated rings. The molecule has 100 valence electrons. The van der Waals surface area contributed by atoms with E-state index < -0.39 is 0 Å². The molecular formula is C13H28N4. The monoisotopic (exact) mass is 240 g/mol. The van der Waals surface area contributed by atoms with Crippen LogP contribution in [0.1, 0.15) is 0 Å². The minimum Gasteiger partial charge on any atom is -0.312 e. The fourth-order valence-corrected chi connectivity index (χ4v) is 2.02. The van der Waals surface area contributed by atoms with Crippen LogP contribution in [-0.2, 0) is 0 Å². The molecule has 1 rings (SSSR count). The van der Waals surface area contributed by atoms with E-state index in [4.69, 9.17) is 0 Å². The summed E-state index contributed by atoms with van der Waals surface area (Å²) in [7, 11) is 4.28. The number of hydrogen-bond acceptors (Lipinski definition) is 4. The Morgan fingerprint density at radius 3 is 2.24 bits per heavy atom. The number of likely N-dealkylation sites (N-methyl/N-ethyl adjacent to an activating group) is 1. The summed E-state index contributed by atoms with van der Waals surface area (Å²) in [6.45, 7) is 14.1. The van der Waals surface area contributed by atoms with Crippen molar-refractivity contribution in [1.82, 2.24) is 20.0 Å². The van der Waals surface area contributed by atoms with Crippen molar-refractivity contribution in [3.8, 4) is 0 Å². The second-order valence-corrected chi connectivity index (χ2v) is 4.98. The summed E-state index contributed by atoms with van der Waals surface area (Å²) in [5.74, 6) is 0. The predicted molar refractivity (Wildman–Crippen MR) is 74.5 cm³/mol. The lowest BCUT2D eigenvalue weighted by molar-refractivity contribution is 0.126. The van der Waals surface area contributed by atoms with Crippen LogP contribution < -0.4 is 5.32 Å². The molecule has 1 aliphatic heterocycles. The molecule has 0 unspecified atom stereocenters. The maximum Gasteiger partial charge on any atom is 0.0132 e. The van der Waals surface area contributed by atoms with Gasteiger partial charge in [0.25, 0.3) is 0 Å². The molecule has 1 saturated heterocycles. The van der Waals surface area contributed by atoms with E-state index in [0.29, 0.717) is 0 Å². The SMILES string of the molecule is C=CCNCCN1CCN(CCN(C)C)CC1. The topological polar surface area (TPSA) is 21.8 Å². The maximum absolute atomic E-state index is 3.70. The molecular weight excluding hydrogens is 212 g/mol. The number of nitrogens with one attached hydrogen (secondary N) is 1. The number of hydrogen-bond donors (Lipinski definition) is 1. The van der Waals surface area contributed by atoms with Crippen molar-refractivity contribution < 1.29 is 0 Å². The summed E-state index contributed by atoms with van der Waals surface area (Å²) in [6.07, 6.45) is 1.92. The van der Waals surface area contributed by atoms with Gasteiger partial charge < -0.3 is 10.2 Å². The van der Waals surface area contributed by atoms with E-state index in [1.165, 1.54) is 39.3 Å². The zero-order valence-corrected chi connectivity index (χ0v) is 11.5. The summed E-state index contributed by atoms with van der Waals surface area (Å²) in [5, 5.41) is 3.35. The Bertz CT molecular complexity index is 198. The fraction of sp³-hybridized carbons (Fsp3) is 0.846. The molecule has 0 saturated carbocycles. The summed E-state index contributed by atoms with van der Waals surface area (Å²) < 4.78 is 0. The standard InChI is InChI=1S/C13H28N4/c1-4-5-14-6-7-16-10-12-17(13-11-16)9-8-15(2)3/h4,14H,1,5-13H2,2-3H3. The summed E-state index contributed by atoms with van der Waals surface area (Å²) in [6, 6.07) is 0. The van der Waals surface area contributed by atoms with Crippen molar-refractivity contribution in [3.63, 3.8) is 0 Å². The minimum absolute atomic E-state index is 0.919. The van der Waals surface area contributed by atoms with Gasteiger partial charge in [-0.2, -0.15) is 0 Å². The van der Waals surface area contributed by atoms with Crippen LogP contribution in [-0.4, -0.2) is 87.7 Å². The first-order chi connectivity index (χ1) is 8.22. The molecule has 4 heteroatoms. The lowest BCUT2D eigenvalue weighted by Gasteiger charge is -2.35. The smallest absolute Gasteiger partial charge is 0.0132 e. The van der Waals surface area contributed by atoms with Crippen molar-refractivity contribution in [2.24, 2.45) is 0 Å². The van der Waals surface area contributed by atoms with E-state index in [2.05, 4.69) is 40.7 Å². The van der Waals surface area contributed by atoms with E-state index in [0.717, 1.165) is 19.6 Å². The number of piperazine rings is 1. The Balaban J connectivity index is 2.03. The summed E-state index contributed by atoms with van der Waals surface area (Å²) in [5.41, 5.74) is 0. The van der Waals surface area contributed by atoms with E-state index in [-0.39, 0.29) is 0 Å². The normalized spacial score (nSPS) is 18.8. The average molecular weight is 240 g/mol. The molecule has 1 heterocycles. The predicted octanol–water partition coefficient (Wildman–Crippen LogP) is -0.0588.